The molecule has 0 N–H and O–H groups in total. The van der Waals surface area contributed by atoms with E-state index in [0.29, 0.717) is 5.75 Å². The van der Waals surface area contributed by atoms with Crippen molar-refractivity contribution in [3.63, 3.8) is 0 Å². The molecule has 120 valence electrons. The largest absolute Gasteiger partial charge is 1.00 e. The summed E-state index contributed by atoms with van der Waals surface area (Å²) in [6.45, 7) is 0. The van der Waals surface area contributed by atoms with E-state index in [4.69, 9.17) is 0 Å². The summed E-state index contributed by atoms with van der Waals surface area (Å²) in [4.78, 5) is 10.2. The number of carboxylic acid groups (broad SMARTS) is 1. The van der Waals surface area contributed by atoms with Gasteiger partial charge in [-0.2, -0.15) is 0 Å². The van der Waals surface area contributed by atoms with Crippen molar-refractivity contribution in [3.05, 3.63) is 0 Å². The molecule has 0 aromatic rings. The van der Waals surface area contributed by atoms with E-state index < -0.39 is 15.8 Å². The maximum atomic E-state index is 10.9. The van der Waals surface area contributed by atoms with Gasteiger partial charge in [0.15, 0.2) is 0 Å². The monoisotopic (exact) mass is 328 g/mol. The maximum absolute atomic E-state index is 10.9. The van der Waals surface area contributed by atoms with E-state index in [-0.39, 0.29) is 36.0 Å². The molecule has 6 heteroatoms. The van der Waals surface area contributed by atoms with Crippen LogP contribution in [0.5, 0.6) is 0 Å². The summed E-state index contributed by atoms with van der Waals surface area (Å²) in [6, 6.07) is 0. The normalized spacial score (nSPS) is 11.1. The van der Waals surface area contributed by atoms with Crippen molar-refractivity contribution >= 4 is 15.8 Å². The smallest absolute Gasteiger partial charge is 0.550 e. The zero-order chi connectivity index (χ0) is 15.3. The Bertz CT molecular complexity index is 342. The minimum Gasteiger partial charge on any atom is -0.550 e. The first-order valence-corrected chi connectivity index (χ1v) is 9.85. The Morgan fingerprint density at radius 2 is 1.10 bits per heavy atom. The third-order valence-electron chi connectivity index (χ3n) is 3.40. The number of carboxylic acids is 1. The third-order valence-corrected chi connectivity index (χ3v) is 4.43. The van der Waals surface area contributed by atoms with Gasteiger partial charge in [-0.25, -0.2) is 8.42 Å². The maximum Gasteiger partial charge on any atom is 1.00 e. The van der Waals surface area contributed by atoms with Gasteiger partial charge in [0.25, 0.3) is 0 Å². The van der Waals surface area contributed by atoms with Crippen LogP contribution in [0.1, 0.15) is 77.0 Å². The standard InChI is InChI=1S/C15H30O4S.Na/c1-20(18,19)14-12-10-8-6-4-2-3-5-7-9-11-13-15(16)17;/h2-14H2,1H3,(H,16,17);/q;+1/p-1. The Labute approximate surface area is 152 Å². The predicted octanol–water partition coefficient (Wildman–Crippen LogP) is -0.534. The molecule has 0 radical (unpaired) electrons. The fourth-order valence-corrected chi connectivity index (χ4v) is 2.95. The van der Waals surface area contributed by atoms with Crippen LogP contribution >= 0.6 is 0 Å². The second-order valence-electron chi connectivity index (χ2n) is 5.64. The molecule has 0 heterocycles. The Balaban J connectivity index is 0. The molecule has 0 spiro atoms. The summed E-state index contributed by atoms with van der Waals surface area (Å²) >= 11 is 0. The van der Waals surface area contributed by atoms with Gasteiger partial charge in [-0.3, -0.25) is 0 Å². The van der Waals surface area contributed by atoms with Crippen molar-refractivity contribution in [2.24, 2.45) is 0 Å². The van der Waals surface area contributed by atoms with E-state index in [1.165, 1.54) is 38.4 Å². The molecule has 0 aliphatic rings. The first-order chi connectivity index (χ1) is 9.42. The number of sulfone groups is 1. The summed E-state index contributed by atoms with van der Waals surface area (Å²) in [7, 11) is -2.78. The average molecular weight is 328 g/mol. The number of hydrogen-bond donors (Lipinski definition) is 0. The van der Waals surface area contributed by atoms with Gasteiger partial charge in [-0.1, -0.05) is 57.8 Å². The molecule has 0 saturated carbocycles. The van der Waals surface area contributed by atoms with Crippen molar-refractivity contribution in [1.82, 2.24) is 0 Å². The minimum absolute atomic E-state index is 0. The van der Waals surface area contributed by atoms with Gasteiger partial charge in [0.2, 0.25) is 0 Å². The van der Waals surface area contributed by atoms with Crippen molar-refractivity contribution in [3.8, 4) is 0 Å². The van der Waals surface area contributed by atoms with Crippen LogP contribution in [0.15, 0.2) is 0 Å². The molecule has 0 aliphatic heterocycles. The molecule has 21 heavy (non-hydrogen) atoms. The van der Waals surface area contributed by atoms with E-state index in [1.807, 2.05) is 0 Å². The van der Waals surface area contributed by atoms with Crippen molar-refractivity contribution < 1.29 is 47.9 Å². The molecule has 0 aromatic heterocycles. The van der Waals surface area contributed by atoms with Gasteiger partial charge >= 0.3 is 29.6 Å². The molecular weight excluding hydrogens is 299 g/mol. The average Bonchev–Trinajstić information content (AvgIpc) is 2.33. The summed E-state index contributed by atoms with van der Waals surface area (Å²) in [6.07, 6.45) is 13.3. The number of aliphatic carboxylic acids is 1. The minimum atomic E-state index is -2.78. The Morgan fingerprint density at radius 3 is 1.43 bits per heavy atom. The van der Waals surface area contributed by atoms with Gasteiger partial charge in [-0.15, -0.1) is 0 Å². The van der Waals surface area contributed by atoms with E-state index >= 15 is 0 Å². The molecule has 0 bridgehead atoms. The second kappa shape index (κ2) is 15.3. The topological polar surface area (TPSA) is 74.3 Å². The number of rotatable bonds is 14. The molecule has 0 atom stereocenters. The third kappa shape index (κ3) is 22.8. The second-order valence-corrected chi connectivity index (χ2v) is 7.90. The van der Waals surface area contributed by atoms with Gasteiger partial charge in [0.1, 0.15) is 9.84 Å². The molecule has 0 aliphatic carbocycles. The van der Waals surface area contributed by atoms with Gasteiger partial charge in [-0.05, 0) is 19.3 Å². The molecule has 0 amide bonds. The van der Waals surface area contributed by atoms with Gasteiger partial charge < -0.3 is 9.90 Å². The molecule has 0 aromatic carbocycles. The van der Waals surface area contributed by atoms with Gasteiger partial charge in [0, 0.05) is 18.0 Å². The quantitative estimate of drug-likeness (QED) is 0.317. The van der Waals surface area contributed by atoms with Crippen LogP contribution in [0.2, 0.25) is 0 Å². The predicted molar refractivity (Wildman–Crippen MR) is 80.1 cm³/mol. The molecule has 0 fully saturated rings. The van der Waals surface area contributed by atoms with Crippen LogP contribution in [0.4, 0.5) is 0 Å². The summed E-state index contributed by atoms with van der Waals surface area (Å²) in [5, 5.41) is 10.2. The van der Waals surface area contributed by atoms with Crippen molar-refractivity contribution in [1.29, 1.82) is 0 Å². The van der Waals surface area contributed by atoms with E-state index in [2.05, 4.69) is 0 Å². The van der Waals surface area contributed by atoms with Crippen molar-refractivity contribution in [2.45, 2.75) is 77.0 Å². The van der Waals surface area contributed by atoms with E-state index in [0.717, 1.165) is 38.5 Å². The Hall–Kier alpha value is 0.420. The molecule has 4 nitrogen and oxygen atoms in total. The number of unbranched alkanes of at least 4 members (excludes halogenated alkanes) is 10. The molecule has 0 saturated heterocycles. The first kappa shape index (κ1) is 23.7. The first-order valence-electron chi connectivity index (χ1n) is 7.79. The summed E-state index contributed by atoms with van der Waals surface area (Å²) in [5.74, 6) is -0.625. The molecular formula is C15H29NaO4S. The molecule has 0 rings (SSSR count). The summed E-state index contributed by atoms with van der Waals surface area (Å²) < 4.78 is 21.8. The fraction of sp³-hybridized carbons (Fsp3) is 0.933. The number of hydrogen-bond acceptors (Lipinski definition) is 4. The van der Waals surface area contributed by atoms with Crippen LogP contribution in [-0.4, -0.2) is 26.4 Å². The van der Waals surface area contributed by atoms with Crippen LogP contribution in [0.25, 0.3) is 0 Å². The van der Waals surface area contributed by atoms with Crippen LogP contribution in [0, 0.1) is 0 Å². The fourth-order valence-electron chi connectivity index (χ4n) is 2.22. The van der Waals surface area contributed by atoms with Gasteiger partial charge in [0.05, 0.1) is 0 Å². The zero-order valence-electron chi connectivity index (χ0n) is 13.7. The van der Waals surface area contributed by atoms with Crippen molar-refractivity contribution in [2.75, 3.05) is 12.0 Å². The zero-order valence-corrected chi connectivity index (χ0v) is 16.6. The SMILES string of the molecule is CS(=O)(=O)CCCCCCCCCCCCCC(=O)[O-].[Na+]. The number of carbonyl (C=O) groups is 1. The summed E-state index contributed by atoms with van der Waals surface area (Å²) in [5.41, 5.74) is 0. The van der Waals surface area contributed by atoms with Crippen LogP contribution in [-0.2, 0) is 14.6 Å². The van der Waals surface area contributed by atoms with Crippen LogP contribution in [0.3, 0.4) is 0 Å². The van der Waals surface area contributed by atoms with E-state index in [9.17, 15) is 18.3 Å². The van der Waals surface area contributed by atoms with E-state index in [1.54, 1.807) is 0 Å². The molecule has 0 unspecified atom stereocenters. The van der Waals surface area contributed by atoms with Crippen LogP contribution < -0.4 is 34.7 Å². The Morgan fingerprint density at radius 1 is 0.762 bits per heavy atom. The Kier molecular flexibility index (Phi) is 17.3. The number of carbonyl (C=O) groups excluding carboxylic acids is 1.